The lowest BCUT2D eigenvalue weighted by Crippen LogP contribution is -2.35. The van der Waals surface area contributed by atoms with Crippen LogP contribution in [0.1, 0.15) is 6.42 Å². The molecule has 0 saturated carbocycles. The van der Waals surface area contributed by atoms with Crippen LogP contribution in [0.25, 0.3) is 0 Å². The van der Waals surface area contributed by atoms with E-state index >= 15 is 0 Å². The van der Waals surface area contributed by atoms with Gasteiger partial charge in [0.25, 0.3) is 0 Å². The van der Waals surface area contributed by atoms with Gasteiger partial charge in [-0.2, -0.15) is 9.57 Å². The van der Waals surface area contributed by atoms with E-state index in [-0.39, 0.29) is 36.0 Å². The fraction of sp³-hybridized carbons (Fsp3) is 0.417. The fourth-order valence-corrected chi connectivity index (χ4v) is 3.51. The molecule has 2 N–H and O–H groups in total. The van der Waals surface area contributed by atoms with Gasteiger partial charge < -0.3 is 10.5 Å². The van der Waals surface area contributed by atoms with Crippen molar-refractivity contribution in [1.29, 1.82) is 5.26 Å². The second-order valence-corrected chi connectivity index (χ2v) is 6.31. The van der Waals surface area contributed by atoms with E-state index < -0.39 is 10.0 Å². The highest BCUT2D eigenvalue weighted by molar-refractivity contribution is 7.89. The summed E-state index contributed by atoms with van der Waals surface area (Å²) in [5, 5.41) is 8.72. The van der Waals surface area contributed by atoms with Gasteiger partial charge in [-0.15, -0.1) is 0 Å². The number of nitrogens with two attached hydrogens (primary N) is 1. The molecule has 0 amide bonds. The summed E-state index contributed by atoms with van der Waals surface area (Å²) in [6.07, 6.45) is 0.0862. The van der Waals surface area contributed by atoms with E-state index in [2.05, 4.69) is 0 Å². The van der Waals surface area contributed by atoms with Gasteiger partial charge in [0.2, 0.25) is 10.0 Å². The zero-order valence-corrected chi connectivity index (χ0v) is 12.6. The van der Waals surface area contributed by atoms with Crippen LogP contribution in [0.4, 0.5) is 5.69 Å². The number of nitrogens with zero attached hydrogens (tertiary/aromatic N) is 2. The smallest absolute Gasteiger partial charge is 0.244 e. The molecule has 0 aliphatic carbocycles. The molecular weight excluding hydrogens is 302 g/mol. The maximum atomic E-state index is 12.5. The minimum absolute atomic E-state index is 0.0618. The fourth-order valence-electron chi connectivity index (χ4n) is 1.58. The van der Waals surface area contributed by atoms with Crippen LogP contribution in [0.3, 0.4) is 0 Å². The van der Waals surface area contributed by atoms with Gasteiger partial charge in [-0.05, 0) is 18.2 Å². The number of methoxy groups -OCH3 is 1. The summed E-state index contributed by atoms with van der Waals surface area (Å²) in [7, 11) is -2.33. The molecule has 1 aromatic carbocycles. The Morgan fingerprint density at radius 1 is 1.45 bits per heavy atom. The van der Waals surface area contributed by atoms with E-state index in [1.807, 2.05) is 6.07 Å². The van der Waals surface area contributed by atoms with E-state index in [4.69, 9.17) is 27.3 Å². The zero-order valence-electron chi connectivity index (χ0n) is 11.0. The monoisotopic (exact) mass is 317 g/mol. The summed E-state index contributed by atoms with van der Waals surface area (Å²) in [6.45, 7) is 0.448. The van der Waals surface area contributed by atoms with Gasteiger partial charge in [-0.25, -0.2) is 8.42 Å². The van der Waals surface area contributed by atoms with Gasteiger partial charge in [-0.1, -0.05) is 11.6 Å². The van der Waals surface area contributed by atoms with Crippen LogP contribution >= 0.6 is 11.6 Å². The molecule has 1 aromatic rings. The summed E-state index contributed by atoms with van der Waals surface area (Å²) in [6, 6.07) is 6.19. The van der Waals surface area contributed by atoms with Crippen molar-refractivity contribution in [3.63, 3.8) is 0 Å². The Kier molecular flexibility index (Phi) is 6.23. The molecule has 8 heteroatoms. The van der Waals surface area contributed by atoms with Crippen LogP contribution < -0.4 is 5.73 Å². The number of nitriles is 1. The minimum Gasteiger partial charge on any atom is -0.399 e. The van der Waals surface area contributed by atoms with Crippen LogP contribution in [-0.4, -0.2) is 39.5 Å². The van der Waals surface area contributed by atoms with E-state index in [1.54, 1.807) is 0 Å². The SMILES string of the molecule is COCCN(CCC#N)S(=O)(=O)c1cc(N)ccc1Cl. The maximum Gasteiger partial charge on any atom is 0.244 e. The molecule has 110 valence electrons. The normalized spacial score (nSPS) is 11.5. The Balaban J connectivity index is 3.14. The summed E-state index contributed by atoms with van der Waals surface area (Å²) < 4.78 is 31.1. The van der Waals surface area contributed by atoms with Gasteiger partial charge in [0.15, 0.2) is 0 Å². The molecule has 20 heavy (non-hydrogen) atoms. The van der Waals surface area contributed by atoms with Gasteiger partial charge >= 0.3 is 0 Å². The largest absolute Gasteiger partial charge is 0.399 e. The highest BCUT2D eigenvalue weighted by atomic mass is 35.5. The molecule has 0 aliphatic heterocycles. The third-order valence-corrected chi connectivity index (χ3v) is 4.97. The summed E-state index contributed by atoms with van der Waals surface area (Å²) >= 11 is 5.94. The lowest BCUT2D eigenvalue weighted by Gasteiger charge is -2.21. The van der Waals surface area contributed by atoms with Crippen molar-refractivity contribution in [3.8, 4) is 6.07 Å². The summed E-state index contributed by atoms with van der Waals surface area (Å²) in [5.41, 5.74) is 5.91. The molecule has 0 aromatic heterocycles. The molecule has 0 atom stereocenters. The molecule has 0 saturated heterocycles. The Labute approximate surface area is 123 Å². The third-order valence-electron chi connectivity index (χ3n) is 2.59. The number of anilines is 1. The highest BCUT2D eigenvalue weighted by Crippen LogP contribution is 2.26. The summed E-state index contributed by atoms with van der Waals surface area (Å²) in [4.78, 5) is -0.0618. The predicted molar refractivity (Wildman–Crippen MR) is 76.7 cm³/mol. The Morgan fingerprint density at radius 3 is 2.75 bits per heavy atom. The second-order valence-electron chi connectivity index (χ2n) is 3.99. The van der Waals surface area contributed by atoms with Crippen LogP contribution in [-0.2, 0) is 14.8 Å². The molecule has 0 aliphatic rings. The first-order valence-electron chi connectivity index (χ1n) is 5.84. The number of benzene rings is 1. The lowest BCUT2D eigenvalue weighted by molar-refractivity contribution is 0.179. The topological polar surface area (TPSA) is 96.4 Å². The van der Waals surface area contributed by atoms with Crippen molar-refractivity contribution >= 4 is 27.3 Å². The first-order chi connectivity index (χ1) is 9.43. The molecule has 0 spiro atoms. The first-order valence-corrected chi connectivity index (χ1v) is 7.66. The quantitative estimate of drug-likeness (QED) is 0.768. The van der Waals surface area contributed by atoms with Crippen molar-refractivity contribution < 1.29 is 13.2 Å². The van der Waals surface area contributed by atoms with Crippen molar-refractivity contribution in [1.82, 2.24) is 4.31 Å². The van der Waals surface area contributed by atoms with Gasteiger partial charge in [0.05, 0.1) is 17.7 Å². The molecule has 0 fully saturated rings. The molecule has 0 bridgehead atoms. The van der Waals surface area contributed by atoms with Crippen LogP contribution in [0.2, 0.25) is 5.02 Å². The van der Waals surface area contributed by atoms with Crippen LogP contribution in [0.5, 0.6) is 0 Å². The van der Waals surface area contributed by atoms with Crippen molar-refractivity contribution in [3.05, 3.63) is 23.2 Å². The van der Waals surface area contributed by atoms with E-state index in [9.17, 15) is 8.42 Å². The van der Waals surface area contributed by atoms with Crippen molar-refractivity contribution in [2.24, 2.45) is 0 Å². The van der Waals surface area contributed by atoms with Gasteiger partial charge in [0.1, 0.15) is 4.90 Å². The van der Waals surface area contributed by atoms with E-state index in [0.29, 0.717) is 5.69 Å². The first kappa shape index (κ1) is 16.7. The van der Waals surface area contributed by atoms with E-state index in [0.717, 1.165) is 0 Å². The number of hydrogen-bond donors (Lipinski definition) is 1. The average molecular weight is 318 g/mol. The summed E-state index contributed by atoms with van der Waals surface area (Å²) in [5.74, 6) is 0. The van der Waals surface area contributed by atoms with Crippen LogP contribution in [0.15, 0.2) is 23.1 Å². The van der Waals surface area contributed by atoms with E-state index in [1.165, 1.54) is 29.6 Å². The predicted octanol–water partition coefficient (Wildman–Crippen LogP) is 1.47. The number of hydrogen-bond acceptors (Lipinski definition) is 5. The van der Waals surface area contributed by atoms with Crippen LogP contribution in [0, 0.1) is 11.3 Å². The zero-order chi connectivity index (χ0) is 15.2. The molecule has 1 rings (SSSR count). The van der Waals surface area contributed by atoms with Gasteiger partial charge in [0, 0.05) is 32.3 Å². The number of sulfonamides is 1. The maximum absolute atomic E-state index is 12.5. The number of halogens is 1. The number of rotatable bonds is 7. The molecule has 0 heterocycles. The van der Waals surface area contributed by atoms with Gasteiger partial charge in [-0.3, -0.25) is 0 Å². The highest BCUT2D eigenvalue weighted by Gasteiger charge is 2.26. The van der Waals surface area contributed by atoms with Crippen molar-refractivity contribution in [2.75, 3.05) is 32.5 Å². The van der Waals surface area contributed by atoms with Crippen molar-refractivity contribution in [2.45, 2.75) is 11.3 Å². The minimum atomic E-state index is -3.81. The number of ether oxygens (including phenoxy) is 1. The standard InChI is InChI=1S/C12H16ClN3O3S/c1-19-8-7-16(6-2-5-14)20(17,18)12-9-10(15)3-4-11(12)13/h3-4,9H,2,6-8,15H2,1H3. The number of nitrogen functional groups attached to an aromatic ring is 1. The molecule has 0 radical (unpaired) electrons. The average Bonchev–Trinajstić information content (AvgIpc) is 2.41. The Morgan fingerprint density at radius 2 is 2.15 bits per heavy atom. The Hall–Kier alpha value is -1.33. The molecule has 0 unspecified atom stereocenters. The second kappa shape index (κ2) is 7.45. The lowest BCUT2D eigenvalue weighted by atomic mass is 10.3. The third kappa shape index (κ3) is 4.08. The molecule has 6 nitrogen and oxygen atoms in total. The Bertz CT molecular complexity index is 598. The molecular formula is C12H16ClN3O3S.